The number of aliphatic hydroxyl groups is 1. The molecule has 0 saturated carbocycles. The lowest BCUT2D eigenvalue weighted by molar-refractivity contribution is 0.0940. The van der Waals surface area contributed by atoms with Crippen molar-refractivity contribution in [2.24, 2.45) is 0 Å². The van der Waals surface area contributed by atoms with E-state index in [2.05, 4.69) is 15.3 Å². The molecule has 2 aromatic heterocycles. The van der Waals surface area contributed by atoms with Crippen LogP contribution in [0.3, 0.4) is 0 Å². The number of halogens is 1. The second kappa shape index (κ2) is 10.1. The first-order chi connectivity index (χ1) is 14.5. The van der Waals surface area contributed by atoms with Gasteiger partial charge in [-0.05, 0) is 49.1 Å². The van der Waals surface area contributed by atoms with E-state index in [1.807, 2.05) is 6.92 Å². The molecule has 158 valence electrons. The zero-order valence-electron chi connectivity index (χ0n) is 16.7. The Balaban J connectivity index is 1.86. The molecule has 0 aliphatic heterocycles. The molecule has 3 aromatic rings. The predicted molar refractivity (Wildman–Crippen MR) is 111 cm³/mol. The number of aromatic nitrogens is 2. The number of aromatic amines is 1. The first-order valence-electron chi connectivity index (χ1n) is 9.78. The summed E-state index contributed by atoms with van der Waals surface area (Å²) >= 11 is 0. The molecule has 0 atom stereocenters. The van der Waals surface area contributed by atoms with Crippen molar-refractivity contribution in [3.05, 3.63) is 75.0 Å². The van der Waals surface area contributed by atoms with Gasteiger partial charge in [-0.1, -0.05) is 12.1 Å². The van der Waals surface area contributed by atoms with Crippen LogP contribution in [0, 0.1) is 5.82 Å². The van der Waals surface area contributed by atoms with E-state index in [-0.39, 0.29) is 16.9 Å². The fourth-order valence-electron chi connectivity index (χ4n) is 3.22. The van der Waals surface area contributed by atoms with E-state index in [4.69, 9.17) is 4.74 Å². The summed E-state index contributed by atoms with van der Waals surface area (Å²) in [6, 6.07) is 7.88. The Morgan fingerprint density at radius 1 is 1.27 bits per heavy atom. The fraction of sp³-hybridized carbons (Fsp3) is 0.318. The lowest BCUT2D eigenvalue weighted by Crippen LogP contribution is -2.32. The third-order valence-electron chi connectivity index (χ3n) is 4.67. The molecule has 0 aliphatic rings. The molecule has 8 heteroatoms. The van der Waals surface area contributed by atoms with Crippen LogP contribution in [0.5, 0.6) is 0 Å². The number of ether oxygens (including phenoxy) is 1. The van der Waals surface area contributed by atoms with Crippen molar-refractivity contribution >= 4 is 16.9 Å². The maximum absolute atomic E-state index is 13.1. The normalized spacial score (nSPS) is 11.0. The van der Waals surface area contributed by atoms with Crippen LogP contribution in [-0.4, -0.2) is 40.7 Å². The van der Waals surface area contributed by atoms with Crippen LogP contribution in [0.2, 0.25) is 0 Å². The lowest BCUT2D eigenvalue weighted by atomic mass is 10.0. The summed E-state index contributed by atoms with van der Waals surface area (Å²) < 4.78 is 18.3. The molecule has 1 amide bonds. The smallest absolute Gasteiger partial charge is 0.261 e. The van der Waals surface area contributed by atoms with Crippen molar-refractivity contribution in [3.8, 4) is 0 Å². The van der Waals surface area contributed by atoms with E-state index in [1.165, 1.54) is 12.1 Å². The van der Waals surface area contributed by atoms with E-state index in [0.29, 0.717) is 43.6 Å². The third kappa shape index (κ3) is 5.08. The summed E-state index contributed by atoms with van der Waals surface area (Å²) in [6.45, 7) is 2.86. The van der Waals surface area contributed by atoms with Crippen molar-refractivity contribution in [2.75, 3.05) is 19.8 Å². The Labute approximate surface area is 172 Å². The van der Waals surface area contributed by atoms with Crippen molar-refractivity contribution in [2.45, 2.75) is 26.4 Å². The van der Waals surface area contributed by atoms with Gasteiger partial charge in [-0.2, -0.15) is 0 Å². The number of H-pyrrole nitrogens is 1. The Morgan fingerprint density at radius 3 is 2.73 bits per heavy atom. The summed E-state index contributed by atoms with van der Waals surface area (Å²) in [5.41, 5.74) is 1.95. The Kier molecular flexibility index (Phi) is 7.26. The van der Waals surface area contributed by atoms with Gasteiger partial charge < -0.3 is 20.1 Å². The number of carbonyl (C=O) groups is 1. The maximum Gasteiger partial charge on any atom is 0.261 e. The van der Waals surface area contributed by atoms with Gasteiger partial charge in [0, 0.05) is 31.5 Å². The minimum Gasteiger partial charge on any atom is -0.392 e. The van der Waals surface area contributed by atoms with Crippen LogP contribution in [0.1, 0.15) is 40.4 Å². The van der Waals surface area contributed by atoms with Gasteiger partial charge in [0.1, 0.15) is 11.4 Å². The summed E-state index contributed by atoms with van der Waals surface area (Å²) in [6.07, 6.45) is 2.74. The second-order valence-corrected chi connectivity index (χ2v) is 6.82. The molecule has 1 aromatic carbocycles. The lowest BCUT2D eigenvalue weighted by Gasteiger charge is -2.11. The number of pyridine rings is 2. The molecule has 30 heavy (non-hydrogen) atoms. The van der Waals surface area contributed by atoms with E-state index >= 15 is 0 Å². The largest absolute Gasteiger partial charge is 0.392 e. The van der Waals surface area contributed by atoms with Crippen molar-refractivity contribution in [3.63, 3.8) is 0 Å². The van der Waals surface area contributed by atoms with Gasteiger partial charge >= 0.3 is 0 Å². The van der Waals surface area contributed by atoms with E-state index in [1.54, 1.807) is 24.4 Å². The highest BCUT2D eigenvalue weighted by Gasteiger charge is 2.19. The molecule has 0 radical (unpaired) electrons. The monoisotopic (exact) mass is 413 g/mol. The van der Waals surface area contributed by atoms with E-state index in [0.717, 1.165) is 11.1 Å². The molecule has 0 unspecified atom stereocenters. The number of nitrogens with one attached hydrogen (secondary N) is 2. The number of benzene rings is 1. The van der Waals surface area contributed by atoms with Crippen molar-refractivity contribution in [1.82, 2.24) is 15.3 Å². The van der Waals surface area contributed by atoms with Crippen molar-refractivity contribution in [1.29, 1.82) is 0 Å². The highest BCUT2D eigenvalue weighted by Crippen LogP contribution is 2.19. The number of fused-ring (bicyclic) bond motifs is 1. The van der Waals surface area contributed by atoms with Crippen LogP contribution < -0.4 is 10.9 Å². The number of hydrogen-bond donors (Lipinski definition) is 3. The van der Waals surface area contributed by atoms with Crippen LogP contribution in [0.15, 0.2) is 41.3 Å². The van der Waals surface area contributed by atoms with Crippen LogP contribution in [-0.2, 0) is 17.8 Å². The second-order valence-electron chi connectivity index (χ2n) is 6.82. The molecule has 0 spiro atoms. The minimum absolute atomic E-state index is 0.139. The van der Waals surface area contributed by atoms with Crippen LogP contribution in [0.25, 0.3) is 11.0 Å². The van der Waals surface area contributed by atoms with Gasteiger partial charge in [-0.15, -0.1) is 0 Å². The van der Waals surface area contributed by atoms with E-state index < -0.39 is 18.1 Å². The number of nitrogens with zero attached hydrogens (tertiary/aromatic N) is 1. The van der Waals surface area contributed by atoms with Gasteiger partial charge in [0.25, 0.3) is 11.5 Å². The Bertz CT molecular complexity index is 1080. The molecule has 0 aliphatic carbocycles. The average molecular weight is 413 g/mol. The number of carbonyl (C=O) groups excluding carboxylic acids is 1. The topological polar surface area (TPSA) is 104 Å². The molecule has 3 N–H and O–H groups in total. The fourth-order valence-corrected chi connectivity index (χ4v) is 3.22. The first-order valence-corrected chi connectivity index (χ1v) is 9.78. The quantitative estimate of drug-likeness (QED) is 0.467. The average Bonchev–Trinajstić information content (AvgIpc) is 2.74. The molecular weight excluding hydrogens is 389 g/mol. The predicted octanol–water partition coefficient (Wildman–Crippen LogP) is 2.30. The molecule has 0 saturated heterocycles. The molecule has 0 bridgehead atoms. The number of hydrogen-bond acceptors (Lipinski definition) is 5. The standard InChI is InChI=1S/C22H24FN3O4/c1-2-30-9-3-8-24-21(28)19-17(13-27)20-18(26-22(19)29)11-15(12-25-20)10-14-4-6-16(23)7-5-14/h4-7,11-12,27H,2-3,8-10,13H2,1H3,(H,24,28)(H,26,29). The van der Waals surface area contributed by atoms with Gasteiger partial charge in [0.2, 0.25) is 0 Å². The Hall–Kier alpha value is -3.10. The molecule has 2 heterocycles. The summed E-state index contributed by atoms with van der Waals surface area (Å²) in [5.74, 6) is -0.869. The maximum atomic E-state index is 13.1. The SMILES string of the molecule is CCOCCCNC(=O)c1c(CO)c2ncc(Cc3ccc(F)cc3)cc2[nH]c1=O. The number of rotatable bonds is 9. The number of amides is 1. The van der Waals surface area contributed by atoms with Gasteiger partial charge in [-0.25, -0.2) is 4.39 Å². The molecule has 7 nitrogen and oxygen atoms in total. The van der Waals surface area contributed by atoms with Crippen molar-refractivity contribution < 1.29 is 19.0 Å². The zero-order chi connectivity index (χ0) is 21.5. The summed E-state index contributed by atoms with van der Waals surface area (Å²) in [5, 5.41) is 12.5. The number of aliphatic hydroxyl groups excluding tert-OH is 1. The van der Waals surface area contributed by atoms with Crippen LogP contribution >= 0.6 is 0 Å². The van der Waals surface area contributed by atoms with Gasteiger partial charge in [0.05, 0.1) is 17.6 Å². The minimum atomic E-state index is -0.588. The highest BCUT2D eigenvalue weighted by molar-refractivity contribution is 5.99. The molecule has 3 rings (SSSR count). The summed E-state index contributed by atoms with van der Waals surface area (Å²) in [7, 11) is 0. The molecule has 0 fully saturated rings. The molecular formula is C22H24FN3O4. The highest BCUT2D eigenvalue weighted by atomic mass is 19.1. The third-order valence-corrected chi connectivity index (χ3v) is 4.67. The van der Waals surface area contributed by atoms with E-state index in [9.17, 15) is 19.1 Å². The first kappa shape index (κ1) is 21.6. The Morgan fingerprint density at radius 2 is 2.03 bits per heavy atom. The zero-order valence-corrected chi connectivity index (χ0v) is 16.7. The van der Waals surface area contributed by atoms with Gasteiger partial charge in [-0.3, -0.25) is 14.6 Å². The summed E-state index contributed by atoms with van der Waals surface area (Å²) in [4.78, 5) is 32.1. The van der Waals surface area contributed by atoms with Crippen LogP contribution in [0.4, 0.5) is 4.39 Å². The van der Waals surface area contributed by atoms with Gasteiger partial charge in [0.15, 0.2) is 0 Å².